The van der Waals surface area contributed by atoms with Gasteiger partial charge >= 0.3 is 0 Å². The van der Waals surface area contributed by atoms with Crippen molar-refractivity contribution in [3.8, 4) is 11.8 Å². The number of carbonyl (C=O) groups is 1. The summed E-state index contributed by atoms with van der Waals surface area (Å²) in [6.07, 6.45) is 15.9. The molecule has 0 saturated heterocycles. The Labute approximate surface area is 120 Å². The summed E-state index contributed by atoms with van der Waals surface area (Å²) in [6.45, 7) is 3.91. The van der Waals surface area contributed by atoms with Gasteiger partial charge in [-0.2, -0.15) is 0 Å². The molecule has 1 nitrogen and oxygen atoms in total. The van der Waals surface area contributed by atoms with Crippen LogP contribution in [-0.2, 0) is 4.79 Å². The molecule has 0 fully saturated rings. The standard InChI is InChI=1S/C18H32O/c1-3-4-5-6-7-8-9-10-11-12-13-14-15-16-17-18(2)19/h3-12,15-17H2,1-2H3. The molecule has 0 radical (unpaired) electrons. The molecule has 0 bridgehead atoms. The Morgan fingerprint density at radius 2 is 1.21 bits per heavy atom. The lowest BCUT2D eigenvalue weighted by molar-refractivity contribution is -0.117. The first-order valence-corrected chi connectivity index (χ1v) is 8.22. The van der Waals surface area contributed by atoms with Gasteiger partial charge in [0.05, 0.1) is 0 Å². The van der Waals surface area contributed by atoms with Crippen LogP contribution in [0.1, 0.15) is 97.3 Å². The monoisotopic (exact) mass is 264 g/mol. The minimum Gasteiger partial charge on any atom is -0.300 e. The highest BCUT2D eigenvalue weighted by Gasteiger charge is 1.92. The molecule has 19 heavy (non-hydrogen) atoms. The molecule has 0 aliphatic heterocycles. The van der Waals surface area contributed by atoms with Crippen molar-refractivity contribution in [3.05, 3.63) is 0 Å². The first kappa shape index (κ1) is 18.2. The van der Waals surface area contributed by atoms with Crippen molar-refractivity contribution in [1.29, 1.82) is 0 Å². The van der Waals surface area contributed by atoms with Crippen LogP contribution < -0.4 is 0 Å². The van der Waals surface area contributed by atoms with Crippen LogP contribution in [0, 0.1) is 11.8 Å². The largest absolute Gasteiger partial charge is 0.300 e. The van der Waals surface area contributed by atoms with Crippen LogP contribution in [0.25, 0.3) is 0 Å². The fraction of sp³-hybridized carbons (Fsp3) is 0.833. The van der Waals surface area contributed by atoms with E-state index in [1.807, 2.05) is 0 Å². The summed E-state index contributed by atoms with van der Waals surface area (Å²) in [5, 5.41) is 0. The molecule has 110 valence electrons. The first-order valence-electron chi connectivity index (χ1n) is 8.22. The number of unbranched alkanes of at least 4 members (excludes halogenated alkanes) is 10. The van der Waals surface area contributed by atoms with Crippen LogP contribution in [0.4, 0.5) is 0 Å². The van der Waals surface area contributed by atoms with Gasteiger partial charge in [0.25, 0.3) is 0 Å². The van der Waals surface area contributed by atoms with Gasteiger partial charge in [-0.05, 0) is 19.8 Å². The van der Waals surface area contributed by atoms with Gasteiger partial charge in [-0.15, -0.1) is 11.8 Å². The topological polar surface area (TPSA) is 17.1 Å². The zero-order valence-electron chi connectivity index (χ0n) is 13.1. The van der Waals surface area contributed by atoms with E-state index < -0.39 is 0 Å². The Morgan fingerprint density at radius 3 is 1.74 bits per heavy atom. The van der Waals surface area contributed by atoms with Crippen molar-refractivity contribution in [3.63, 3.8) is 0 Å². The van der Waals surface area contributed by atoms with Gasteiger partial charge in [0.1, 0.15) is 5.78 Å². The average molecular weight is 264 g/mol. The Hall–Kier alpha value is -0.770. The molecule has 0 N–H and O–H groups in total. The Morgan fingerprint density at radius 1 is 0.737 bits per heavy atom. The number of hydrogen-bond donors (Lipinski definition) is 0. The third-order valence-corrected chi connectivity index (χ3v) is 3.36. The van der Waals surface area contributed by atoms with E-state index in [1.165, 1.54) is 57.8 Å². The molecule has 0 aromatic carbocycles. The van der Waals surface area contributed by atoms with E-state index in [-0.39, 0.29) is 5.78 Å². The second kappa shape index (κ2) is 15.3. The Bertz CT molecular complexity index is 257. The first-order chi connectivity index (χ1) is 9.27. The lowest BCUT2D eigenvalue weighted by Crippen LogP contribution is -1.87. The van der Waals surface area contributed by atoms with Crippen LogP contribution in [-0.4, -0.2) is 5.78 Å². The van der Waals surface area contributed by atoms with E-state index in [0.29, 0.717) is 6.42 Å². The normalized spacial score (nSPS) is 10.0. The lowest BCUT2D eigenvalue weighted by Gasteiger charge is -2.00. The van der Waals surface area contributed by atoms with E-state index in [0.717, 1.165) is 19.3 Å². The summed E-state index contributed by atoms with van der Waals surface area (Å²) in [5.41, 5.74) is 0. The van der Waals surface area contributed by atoms with Gasteiger partial charge in [-0.1, -0.05) is 58.3 Å². The molecule has 0 heterocycles. The van der Waals surface area contributed by atoms with Crippen LogP contribution in [0.15, 0.2) is 0 Å². The fourth-order valence-electron chi connectivity index (χ4n) is 2.13. The minimum atomic E-state index is 0.278. The summed E-state index contributed by atoms with van der Waals surface area (Å²) in [6, 6.07) is 0. The van der Waals surface area contributed by atoms with Crippen molar-refractivity contribution in [2.75, 3.05) is 0 Å². The summed E-state index contributed by atoms with van der Waals surface area (Å²) in [4.78, 5) is 10.7. The third-order valence-electron chi connectivity index (χ3n) is 3.36. The van der Waals surface area contributed by atoms with Crippen molar-refractivity contribution >= 4 is 5.78 Å². The molecule has 0 amide bonds. The number of ketones is 1. The molecule has 0 saturated carbocycles. The number of hydrogen-bond acceptors (Lipinski definition) is 1. The lowest BCUT2D eigenvalue weighted by atomic mass is 10.1. The molecular formula is C18H32O. The third kappa shape index (κ3) is 17.2. The molecule has 0 atom stereocenters. The summed E-state index contributed by atoms with van der Waals surface area (Å²) >= 11 is 0. The minimum absolute atomic E-state index is 0.278. The van der Waals surface area contributed by atoms with E-state index in [1.54, 1.807) is 6.92 Å². The second-order valence-corrected chi connectivity index (χ2v) is 5.49. The average Bonchev–Trinajstić information content (AvgIpc) is 2.39. The summed E-state index contributed by atoms with van der Waals surface area (Å²) in [5.74, 6) is 6.66. The van der Waals surface area contributed by atoms with E-state index >= 15 is 0 Å². The van der Waals surface area contributed by atoms with Gasteiger partial charge in [0, 0.05) is 19.3 Å². The molecular weight excluding hydrogens is 232 g/mol. The van der Waals surface area contributed by atoms with E-state index in [9.17, 15) is 4.79 Å². The smallest absolute Gasteiger partial charge is 0.129 e. The number of carbonyl (C=O) groups excluding carboxylic acids is 1. The SMILES string of the molecule is CCCCCCCCCCCC#CCCCC(C)=O. The predicted octanol–water partition coefficient (Wildman–Crippen LogP) is 5.67. The Kier molecular flexibility index (Phi) is 14.7. The zero-order valence-corrected chi connectivity index (χ0v) is 13.1. The quantitative estimate of drug-likeness (QED) is 0.328. The van der Waals surface area contributed by atoms with Crippen LogP contribution in [0.3, 0.4) is 0 Å². The van der Waals surface area contributed by atoms with Gasteiger partial charge in [-0.3, -0.25) is 0 Å². The molecule has 0 spiro atoms. The highest BCUT2D eigenvalue weighted by atomic mass is 16.1. The second-order valence-electron chi connectivity index (χ2n) is 5.49. The maximum Gasteiger partial charge on any atom is 0.129 e. The van der Waals surface area contributed by atoms with Crippen LogP contribution in [0.5, 0.6) is 0 Å². The van der Waals surface area contributed by atoms with Crippen molar-refractivity contribution < 1.29 is 4.79 Å². The fourth-order valence-corrected chi connectivity index (χ4v) is 2.13. The zero-order chi connectivity index (χ0) is 14.2. The van der Waals surface area contributed by atoms with Gasteiger partial charge < -0.3 is 4.79 Å². The summed E-state index contributed by atoms with van der Waals surface area (Å²) in [7, 11) is 0. The number of Topliss-reactive ketones (excluding diaryl/α,β-unsaturated/α-hetero) is 1. The van der Waals surface area contributed by atoms with Crippen LogP contribution >= 0.6 is 0 Å². The van der Waals surface area contributed by atoms with Gasteiger partial charge in [-0.25, -0.2) is 0 Å². The molecule has 0 aliphatic rings. The molecule has 0 aromatic rings. The van der Waals surface area contributed by atoms with Crippen molar-refractivity contribution in [1.82, 2.24) is 0 Å². The van der Waals surface area contributed by atoms with Crippen molar-refractivity contribution in [2.24, 2.45) is 0 Å². The van der Waals surface area contributed by atoms with Crippen LogP contribution in [0.2, 0.25) is 0 Å². The molecule has 0 unspecified atom stereocenters. The summed E-state index contributed by atoms with van der Waals surface area (Å²) < 4.78 is 0. The number of rotatable bonds is 12. The predicted molar refractivity (Wildman–Crippen MR) is 84.2 cm³/mol. The molecule has 0 aliphatic carbocycles. The van der Waals surface area contributed by atoms with Gasteiger partial charge in [0.2, 0.25) is 0 Å². The van der Waals surface area contributed by atoms with E-state index in [4.69, 9.17) is 0 Å². The molecule has 0 aromatic heterocycles. The Balaban J connectivity index is 3.10. The highest BCUT2D eigenvalue weighted by molar-refractivity contribution is 5.75. The maximum atomic E-state index is 10.7. The van der Waals surface area contributed by atoms with E-state index in [2.05, 4.69) is 18.8 Å². The maximum absolute atomic E-state index is 10.7. The van der Waals surface area contributed by atoms with Crippen molar-refractivity contribution in [2.45, 2.75) is 97.3 Å². The van der Waals surface area contributed by atoms with Gasteiger partial charge in [0.15, 0.2) is 0 Å². The molecule has 1 heteroatoms. The highest BCUT2D eigenvalue weighted by Crippen LogP contribution is 2.10. The molecule has 0 rings (SSSR count).